The maximum absolute atomic E-state index is 10.2. The summed E-state index contributed by atoms with van der Waals surface area (Å²) in [6.07, 6.45) is 1.39. The van der Waals surface area contributed by atoms with Gasteiger partial charge >= 0.3 is 0 Å². The summed E-state index contributed by atoms with van der Waals surface area (Å²) >= 11 is 0. The van der Waals surface area contributed by atoms with Crippen LogP contribution in [0.1, 0.15) is 24.0 Å². The fourth-order valence-corrected chi connectivity index (χ4v) is 2.14. The maximum Gasteiger partial charge on any atom is 0.163 e. The van der Waals surface area contributed by atoms with Gasteiger partial charge in [-0.25, -0.2) is 0 Å². The largest absolute Gasteiger partial charge is 0.504 e. The highest BCUT2D eigenvalue weighted by Gasteiger charge is 2.44. The lowest BCUT2D eigenvalue weighted by Crippen LogP contribution is -2.05. The Morgan fingerprint density at radius 1 is 1.00 bits per heavy atom. The number of phenolic OH excluding ortho intramolecular Hbond substituents is 1. The van der Waals surface area contributed by atoms with E-state index in [1.807, 2.05) is 30.3 Å². The van der Waals surface area contributed by atoms with Crippen LogP contribution in [0.25, 0.3) is 0 Å². The molecule has 1 saturated carbocycles. The minimum absolute atomic E-state index is 0.0541. The van der Waals surface area contributed by atoms with Crippen molar-refractivity contribution in [3.63, 3.8) is 0 Å². The van der Waals surface area contributed by atoms with Crippen LogP contribution in [0, 0.1) is 0 Å². The van der Waals surface area contributed by atoms with Crippen molar-refractivity contribution >= 4 is 0 Å². The average Bonchev–Trinajstić information content (AvgIpc) is 3.18. The standard InChI is InChI=1S/C16H16O3/c17-15-13(16(18)9-10-16)7-4-8-14(15)19-11-12-5-2-1-3-6-12/h1-8,17-18H,9-11H2. The Morgan fingerprint density at radius 2 is 1.74 bits per heavy atom. The lowest BCUT2D eigenvalue weighted by molar-refractivity contribution is 0.146. The third-order valence-corrected chi connectivity index (χ3v) is 3.46. The first kappa shape index (κ1) is 12.1. The van der Waals surface area contributed by atoms with E-state index in [0.29, 0.717) is 30.8 Å². The van der Waals surface area contributed by atoms with Crippen molar-refractivity contribution in [2.45, 2.75) is 25.0 Å². The SMILES string of the molecule is Oc1c(OCc2ccccc2)cccc1C1(O)CC1. The van der Waals surface area contributed by atoms with Gasteiger partial charge in [0, 0.05) is 5.56 Å². The highest BCUT2D eigenvalue weighted by molar-refractivity contribution is 5.49. The summed E-state index contributed by atoms with van der Waals surface area (Å²) in [6, 6.07) is 15.0. The quantitative estimate of drug-likeness (QED) is 0.884. The summed E-state index contributed by atoms with van der Waals surface area (Å²) in [5.41, 5.74) is 0.756. The minimum atomic E-state index is -0.851. The van der Waals surface area contributed by atoms with Crippen molar-refractivity contribution < 1.29 is 14.9 Å². The molecule has 1 fully saturated rings. The average molecular weight is 256 g/mol. The molecule has 0 saturated heterocycles. The number of ether oxygens (including phenoxy) is 1. The third kappa shape index (κ3) is 2.42. The Labute approximate surface area is 112 Å². The number of hydrogen-bond acceptors (Lipinski definition) is 3. The molecule has 0 unspecified atom stereocenters. The molecular formula is C16H16O3. The van der Waals surface area contributed by atoms with Gasteiger partial charge in [-0.2, -0.15) is 0 Å². The van der Waals surface area contributed by atoms with E-state index < -0.39 is 5.60 Å². The van der Waals surface area contributed by atoms with Crippen LogP contribution >= 0.6 is 0 Å². The Kier molecular flexibility index (Phi) is 2.91. The van der Waals surface area contributed by atoms with Crippen molar-refractivity contribution in [2.24, 2.45) is 0 Å². The highest BCUT2D eigenvalue weighted by atomic mass is 16.5. The van der Waals surface area contributed by atoms with Crippen LogP contribution in [0.2, 0.25) is 0 Å². The molecule has 3 heteroatoms. The highest BCUT2D eigenvalue weighted by Crippen LogP contribution is 2.50. The van der Waals surface area contributed by atoms with Crippen molar-refractivity contribution in [3.8, 4) is 11.5 Å². The molecule has 0 radical (unpaired) electrons. The summed E-state index contributed by atoms with van der Waals surface area (Å²) in [7, 11) is 0. The number of rotatable bonds is 4. The van der Waals surface area contributed by atoms with E-state index in [4.69, 9.17) is 4.74 Å². The molecule has 0 heterocycles. The molecule has 3 rings (SSSR count). The summed E-state index contributed by atoms with van der Waals surface area (Å²) in [6.45, 7) is 0.399. The second kappa shape index (κ2) is 4.59. The zero-order chi connectivity index (χ0) is 13.3. The molecule has 1 aliphatic rings. The maximum atomic E-state index is 10.2. The van der Waals surface area contributed by atoms with E-state index in [-0.39, 0.29) is 5.75 Å². The van der Waals surface area contributed by atoms with Gasteiger partial charge in [0.2, 0.25) is 0 Å². The topological polar surface area (TPSA) is 49.7 Å². The number of benzene rings is 2. The normalized spacial score (nSPS) is 16.1. The van der Waals surface area contributed by atoms with E-state index in [1.165, 1.54) is 0 Å². The van der Waals surface area contributed by atoms with Crippen LogP contribution < -0.4 is 4.74 Å². The summed E-state index contributed by atoms with van der Waals surface area (Å²) < 4.78 is 5.63. The van der Waals surface area contributed by atoms with Gasteiger partial charge in [-0.05, 0) is 24.5 Å². The number of hydrogen-bond donors (Lipinski definition) is 2. The second-order valence-corrected chi connectivity index (χ2v) is 4.96. The van der Waals surface area contributed by atoms with Crippen molar-refractivity contribution in [3.05, 3.63) is 59.7 Å². The molecule has 0 aromatic heterocycles. The number of aliphatic hydroxyl groups is 1. The fraction of sp³-hybridized carbons (Fsp3) is 0.250. The molecule has 98 valence electrons. The van der Waals surface area contributed by atoms with E-state index in [0.717, 1.165) is 5.56 Å². The molecule has 19 heavy (non-hydrogen) atoms. The van der Waals surface area contributed by atoms with Gasteiger partial charge < -0.3 is 14.9 Å². The predicted octanol–water partition coefficient (Wildman–Crippen LogP) is 2.95. The number of aromatic hydroxyl groups is 1. The first-order valence-corrected chi connectivity index (χ1v) is 6.41. The minimum Gasteiger partial charge on any atom is -0.504 e. The van der Waals surface area contributed by atoms with Gasteiger partial charge in [-0.3, -0.25) is 0 Å². The molecule has 0 amide bonds. The molecule has 0 bridgehead atoms. The van der Waals surface area contributed by atoms with Crippen LogP contribution in [0.5, 0.6) is 11.5 Å². The molecule has 0 aliphatic heterocycles. The van der Waals surface area contributed by atoms with Crippen LogP contribution in [0.15, 0.2) is 48.5 Å². The van der Waals surface area contributed by atoms with E-state index in [9.17, 15) is 10.2 Å². The van der Waals surface area contributed by atoms with Gasteiger partial charge in [-0.1, -0.05) is 42.5 Å². The van der Waals surface area contributed by atoms with E-state index in [2.05, 4.69) is 0 Å². The monoisotopic (exact) mass is 256 g/mol. The Bertz CT molecular complexity index is 574. The molecule has 1 aliphatic carbocycles. The molecule has 2 aromatic rings. The first-order valence-electron chi connectivity index (χ1n) is 6.41. The third-order valence-electron chi connectivity index (χ3n) is 3.46. The van der Waals surface area contributed by atoms with Gasteiger partial charge in [0.25, 0.3) is 0 Å². The second-order valence-electron chi connectivity index (χ2n) is 4.96. The molecule has 2 N–H and O–H groups in total. The van der Waals surface area contributed by atoms with Gasteiger partial charge in [-0.15, -0.1) is 0 Å². The van der Waals surface area contributed by atoms with Crippen LogP contribution in [-0.2, 0) is 12.2 Å². The number of phenols is 1. The summed E-state index contributed by atoms with van der Waals surface area (Å²) in [5, 5.41) is 20.2. The van der Waals surface area contributed by atoms with Gasteiger partial charge in [0.15, 0.2) is 11.5 Å². The van der Waals surface area contributed by atoms with E-state index >= 15 is 0 Å². The van der Waals surface area contributed by atoms with Gasteiger partial charge in [0.05, 0.1) is 5.60 Å². The summed E-state index contributed by atoms with van der Waals surface area (Å²) in [4.78, 5) is 0. The first-order chi connectivity index (χ1) is 9.19. The fourth-order valence-electron chi connectivity index (χ4n) is 2.14. The van der Waals surface area contributed by atoms with Crippen molar-refractivity contribution in [2.75, 3.05) is 0 Å². The van der Waals surface area contributed by atoms with Crippen LogP contribution in [-0.4, -0.2) is 10.2 Å². The molecule has 3 nitrogen and oxygen atoms in total. The molecule has 0 atom stereocenters. The lowest BCUT2D eigenvalue weighted by atomic mass is 10.1. The smallest absolute Gasteiger partial charge is 0.163 e. The van der Waals surface area contributed by atoms with Gasteiger partial charge in [0.1, 0.15) is 6.61 Å². The van der Waals surface area contributed by atoms with E-state index in [1.54, 1.807) is 18.2 Å². The lowest BCUT2D eigenvalue weighted by Gasteiger charge is -2.14. The van der Waals surface area contributed by atoms with Crippen LogP contribution in [0.3, 0.4) is 0 Å². The Hall–Kier alpha value is -2.00. The zero-order valence-electron chi connectivity index (χ0n) is 10.5. The summed E-state index contributed by atoms with van der Waals surface area (Å²) in [5.74, 6) is 0.472. The molecule has 2 aromatic carbocycles. The molecular weight excluding hydrogens is 240 g/mol. The Morgan fingerprint density at radius 3 is 2.42 bits per heavy atom. The van der Waals surface area contributed by atoms with Crippen molar-refractivity contribution in [1.82, 2.24) is 0 Å². The predicted molar refractivity (Wildman–Crippen MR) is 72.0 cm³/mol. The molecule has 0 spiro atoms. The van der Waals surface area contributed by atoms with Crippen molar-refractivity contribution in [1.29, 1.82) is 0 Å². The Balaban J connectivity index is 1.78. The zero-order valence-corrected chi connectivity index (χ0v) is 10.5. The van der Waals surface area contributed by atoms with Crippen LogP contribution in [0.4, 0.5) is 0 Å². The number of para-hydroxylation sites is 1.